The number of rotatable bonds is 7. The first-order valence-electron chi connectivity index (χ1n) is 8.50. The molecule has 146 valence electrons. The summed E-state index contributed by atoms with van der Waals surface area (Å²) in [4.78, 5) is 17.7. The first kappa shape index (κ1) is 19.5. The van der Waals surface area contributed by atoms with Crippen molar-refractivity contribution in [2.24, 2.45) is 5.73 Å². The van der Waals surface area contributed by atoms with E-state index in [4.69, 9.17) is 14.9 Å². The molecule has 0 radical (unpaired) electrons. The molecule has 0 bridgehead atoms. The molecule has 6 nitrogen and oxygen atoms in total. The zero-order chi connectivity index (χ0) is 20.3. The van der Waals surface area contributed by atoms with Crippen LogP contribution in [0.25, 0.3) is 22.8 Å². The normalized spacial score (nSPS) is 11.0. The van der Waals surface area contributed by atoms with Crippen molar-refractivity contribution in [1.82, 2.24) is 9.88 Å². The molecule has 0 atom stereocenters. The monoisotopic (exact) mass is 387 g/mol. The van der Waals surface area contributed by atoms with E-state index >= 15 is 0 Å². The molecule has 3 rings (SSSR count). The molecule has 2 aromatic carbocycles. The van der Waals surface area contributed by atoms with Crippen LogP contribution >= 0.6 is 0 Å². The highest BCUT2D eigenvalue weighted by Crippen LogP contribution is 2.33. The van der Waals surface area contributed by atoms with Crippen molar-refractivity contribution < 1.29 is 22.7 Å². The topological polar surface area (TPSA) is 81.6 Å². The Bertz CT molecular complexity index is 965. The summed E-state index contributed by atoms with van der Waals surface area (Å²) in [6.45, 7) is 1.27. The second-order valence-electron chi connectivity index (χ2n) is 6.33. The number of likely N-dealkylation sites (N-methyl/N-ethyl adjacent to an activating group) is 1. The minimum Gasteiger partial charge on any atom is -0.492 e. The maximum absolute atomic E-state index is 14.0. The number of carbonyl (C=O) groups excluding carboxylic acids is 1. The van der Waals surface area contributed by atoms with E-state index in [1.54, 1.807) is 24.3 Å². The van der Waals surface area contributed by atoms with Crippen LogP contribution < -0.4 is 10.5 Å². The van der Waals surface area contributed by atoms with Gasteiger partial charge in [-0.25, -0.2) is 13.8 Å². The third-order valence-corrected chi connectivity index (χ3v) is 3.96. The van der Waals surface area contributed by atoms with Gasteiger partial charge in [0.2, 0.25) is 5.89 Å². The van der Waals surface area contributed by atoms with Gasteiger partial charge in [-0.15, -0.1) is 0 Å². The van der Waals surface area contributed by atoms with Gasteiger partial charge in [-0.3, -0.25) is 4.79 Å². The lowest BCUT2D eigenvalue weighted by Gasteiger charge is -2.11. The number of benzene rings is 2. The van der Waals surface area contributed by atoms with Crippen LogP contribution in [-0.4, -0.2) is 43.0 Å². The quantitative estimate of drug-likeness (QED) is 0.673. The van der Waals surface area contributed by atoms with Crippen molar-refractivity contribution in [3.8, 4) is 28.5 Å². The van der Waals surface area contributed by atoms with Gasteiger partial charge in [0, 0.05) is 12.1 Å². The Hall–Kier alpha value is -3.26. The van der Waals surface area contributed by atoms with E-state index < -0.39 is 23.1 Å². The van der Waals surface area contributed by atoms with Crippen LogP contribution in [0, 0.1) is 11.6 Å². The molecule has 0 aliphatic heterocycles. The number of nitrogens with two attached hydrogens (primary N) is 1. The second-order valence-corrected chi connectivity index (χ2v) is 6.33. The zero-order valence-electron chi connectivity index (χ0n) is 15.4. The number of nitrogens with zero attached hydrogens (tertiary/aromatic N) is 2. The highest BCUT2D eigenvalue weighted by molar-refractivity contribution is 5.97. The third-order valence-electron chi connectivity index (χ3n) is 3.96. The summed E-state index contributed by atoms with van der Waals surface area (Å²) < 4.78 is 39.2. The van der Waals surface area contributed by atoms with Crippen molar-refractivity contribution in [3.05, 3.63) is 59.8 Å². The molecule has 0 unspecified atom stereocenters. The van der Waals surface area contributed by atoms with Gasteiger partial charge in [0.25, 0.3) is 5.91 Å². The number of oxazole rings is 1. The minimum atomic E-state index is -0.868. The highest BCUT2D eigenvalue weighted by Gasteiger charge is 2.24. The number of primary amides is 1. The summed E-state index contributed by atoms with van der Waals surface area (Å²) >= 11 is 0. The largest absolute Gasteiger partial charge is 0.492 e. The Morgan fingerprint density at radius 1 is 1.14 bits per heavy atom. The van der Waals surface area contributed by atoms with Crippen molar-refractivity contribution in [2.75, 3.05) is 27.2 Å². The number of hydrogen-bond acceptors (Lipinski definition) is 5. The molecular weight excluding hydrogens is 368 g/mol. The lowest BCUT2D eigenvalue weighted by molar-refractivity contribution is 0.0996. The Kier molecular flexibility index (Phi) is 5.70. The van der Waals surface area contributed by atoms with Crippen LogP contribution in [0.15, 0.2) is 46.9 Å². The van der Waals surface area contributed by atoms with Gasteiger partial charge in [0.05, 0.1) is 0 Å². The van der Waals surface area contributed by atoms with Crippen LogP contribution in [0.2, 0.25) is 0 Å². The predicted octanol–water partition coefficient (Wildman–Crippen LogP) is 3.33. The molecule has 2 N–H and O–H groups in total. The molecule has 0 saturated heterocycles. The SMILES string of the molecule is CN(C)CCOc1ccc(-c2oc(-c3c(F)cccc3F)nc2C(N)=O)cc1. The molecule has 1 aromatic heterocycles. The third kappa shape index (κ3) is 4.17. The maximum atomic E-state index is 14.0. The van der Waals surface area contributed by atoms with Gasteiger partial charge < -0.3 is 19.8 Å². The van der Waals surface area contributed by atoms with Crippen LogP contribution in [0.4, 0.5) is 8.78 Å². The molecule has 0 spiro atoms. The number of amides is 1. The van der Waals surface area contributed by atoms with Crippen molar-refractivity contribution in [2.45, 2.75) is 0 Å². The minimum absolute atomic E-state index is 0.0324. The Labute approximate surface area is 160 Å². The molecule has 1 amide bonds. The van der Waals surface area contributed by atoms with Gasteiger partial charge in [-0.2, -0.15) is 0 Å². The maximum Gasteiger partial charge on any atom is 0.271 e. The summed E-state index contributed by atoms with van der Waals surface area (Å²) in [5.74, 6) is -2.27. The highest BCUT2D eigenvalue weighted by atomic mass is 19.1. The van der Waals surface area contributed by atoms with E-state index in [0.717, 1.165) is 18.7 Å². The van der Waals surface area contributed by atoms with Crippen molar-refractivity contribution in [1.29, 1.82) is 0 Å². The summed E-state index contributed by atoms with van der Waals surface area (Å²) in [6.07, 6.45) is 0. The van der Waals surface area contributed by atoms with Gasteiger partial charge in [0.1, 0.15) is 29.6 Å². The van der Waals surface area contributed by atoms with Crippen LogP contribution in [0.1, 0.15) is 10.5 Å². The summed E-state index contributed by atoms with van der Waals surface area (Å²) in [5.41, 5.74) is 5.17. The van der Waals surface area contributed by atoms with Gasteiger partial charge in [-0.05, 0) is 50.5 Å². The Morgan fingerprint density at radius 2 is 1.79 bits per heavy atom. The van der Waals surface area contributed by atoms with Crippen LogP contribution in [-0.2, 0) is 0 Å². The zero-order valence-corrected chi connectivity index (χ0v) is 15.4. The van der Waals surface area contributed by atoms with Crippen molar-refractivity contribution in [3.63, 3.8) is 0 Å². The summed E-state index contributed by atoms with van der Waals surface area (Å²) in [6, 6.07) is 10.1. The molecule has 0 saturated carbocycles. The van der Waals surface area contributed by atoms with E-state index in [9.17, 15) is 13.6 Å². The lowest BCUT2D eigenvalue weighted by Crippen LogP contribution is -2.19. The fourth-order valence-electron chi connectivity index (χ4n) is 2.54. The van der Waals surface area contributed by atoms with Crippen molar-refractivity contribution >= 4 is 5.91 Å². The Morgan fingerprint density at radius 3 is 2.36 bits per heavy atom. The fraction of sp³-hybridized carbons (Fsp3) is 0.200. The van der Waals surface area contributed by atoms with E-state index in [1.807, 2.05) is 19.0 Å². The molecule has 8 heteroatoms. The number of ether oxygens (including phenoxy) is 1. The fourth-order valence-corrected chi connectivity index (χ4v) is 2.54. The molecule has 28 heavy (non-hydrogen) atoms. The molecule has 3 aromatic rings. The van der Waals surface area contributed by atoms with E-state index in [2.05, 4.69) is 4.98 Å². The smallest absolute Gasteiger partial charge is 0.271 e. The van der Waals surface area contributed by atoms with Crippen LogP contribution in [0.3, 0.4) is 0 Å². The molecule has 0 fully saturated rings. The van der Waals surface area contributed by atoms with E-state index in [0.29, 0.717) is 17.9 Å². The number of halogens is 2. The lowest BCUT2D eigenvalue weighted by atomic mass is 10.1. The predicted molar refractivity (Wildman–Crippen MR) is 99.9 cm³/mol. The molecular formula is C20H19F2N3O3. The number of hydrogen-bond donors (Lipinski definition) is 1. The average molecular weight is 387 g/mol. The second kappa shape index (κ2) is 8.18. The first-order valence-corrected chi connectivity index (χ1v) is 8.50. The summed E-state index contributed by atoms with van der Waals surface area (Å²) in [7, 11) is 3.88. The van der Waals surface area contributed by atoms with Gasteiger partial charge >= 0.3 is 0 Å². The summed E-state index contributed by atoms with van der Waals surface area (Å²) in [5, 5.41) is 0. The average Bonchev–Trinajstić information content (AvgIpc) is 3.07. The number of aromatic nitrogens is 1. The van der Waals surface area contributed by atoms with E-state index in [1.165, 1.54) is 6.07 Å². The van der Waals surface area contributed by atoms with Gasteiger partial charge in [-0.1, -0.05) is 6.07 Å². The first-order chi connectivity index (χ1) is 13.4. The molecule has 1 heterocycles. The number of carbonyl (C=O) groups is 1. The van der Waals surface area contributed by atoms with Gasteiger partial charge in [0.15, 0.2) is 11.5 Å². The molecule has 0 aliphatic rings. The molecule has 0 aliphatic carbocycles. The van der Waals surface area contributed by atoms with E-state index in [-0.39, 0.29) is 17.3 Å². The standard InChI is InChI=1S/C20H19F2N3O3/c1-25(2)10-11-27-13-8-6-12(7-9-13)18-17(19(23)26)24-20(28-18)16-14(21)4-3-5-15(16)22/h3-9H,10-11H2,1-2H3,(H2,23,26). The Balaban J connectivity index is 1.93. The van der Waals surface area contributed by atoms with Crippen LogP contribution in [0.5, 0.6) is 5.75 Å².